The zero-order valence-electron chi connectivity index (χ0n) is 15.7. The van der Waals surface area contributed by atoms with E-state index >= 15 is 0 Å². The number of sulfonamides is 1. The molecule has 0 heterocycles. The molecule has 0 bridgehead atoms. The van der Waals surface area contributed by atoms with Crippen molar-refractivity contribution in [3.8, 4) is 5.75 Å². The number of nitrogens with one attached hydrogen (secondary N) is 2. The Morgan fingerprint density at radius 2 is 1.89 bits per heavy atom. The molecule has 2 aromatic rings. The number of aryl methyl sites for hydroxylation is 1. The summed E-state index contributed by atoms with van der Waals surface area (Å²) in [6, 6.07) is 11.6. The molecule has 1 saturated carbocycles. The van der Waals surface area contributed by atoms with Gasteiger partial charge >= 0.3 is 0 Å². The van der Waals surface area contributed by atoms with Crippen LogP contribution in [0.3, 0.4) is 0 Å². The van der Waals surface area contributed by atoms with Crippen molar-refractivity contribution in [1.82, 2.24) is 5.32 Å². The fourth-order valence-electron chi connectivity index (χ4n) is 2.96. The van der Waals surface area contributed by atoms with Crippen LogP contribution >= 0.6 is 0 Å². The lowest BCUT2D eigenvalue weighted by atomic mass is 10.1. The third-order valence-corrected chi connectivity index (χ3v) is 6.29. The first-order valence-electron chi connectivity index (χ1n) is 8.89. The van der Waals surface area contributed by atoms with Gasteiger partial charge in [-0.15, -0.1) is 0 Å². The number of methoxy groups -OCH3 is 1. The van der Waals surface area contributed by atoms with Gasteiger partial charge in [0.15, 0.2) is 0 Å². The maximum Gasteiger partial charge on any atom is 0.262 e. The molecule has 0 spiro atoms. The molecule has 1 aliphatic rings. The standard InChI is InChI=1S/C20H24N2O4S/c1-13-8-9-16(20(23)21-14(2)15-10-11-15)12-19(13)27(24,25)22-17-6-4-5-7-18(17)26-3/h4-9,12,14-15,22H,10-11H2,1-3H3,(H,21,23). The molecule has 7 heteroatoms. The molecule has 0 saturated heterocycles. The van der Waals surface area contributed by atoms with Crippen molar-refractivity contribution >= 4 is 21.6 Å². The maximum absolute atomic E-state index is 12.9. The summed E-state index contributed by atoms with van der Waals surface area (Å²) >= 11 is 0. The van der Waals surface area contributed by atoms with Gasteiger partial charge in [-0.2, -0.15) is 0 Å². The smallest absolute Gasteiger partial charge is 0.262 e. The fourth-order valence-corrected chi connectivity index (χ4v) is 4.31. The van der Waals surface area contributed by atoms with Crippen molar-refractivity contribution in [2.45, 2.75) is 37.6 Å². The highest BCUT2D eigenvalue weighted by Crippen LogP contribution is 2.32. The fraction of sp³-hybridized carbons (Fsp3) is 0.350. The number of anilines is 1. The van der Waals surface area contributed by atoms with E-state index in [0.29, 0.717) is 28.5 Å². The molecule has 1 aliphatic carbocycles. The van der Waals surface area contributed by atoms with Gasteiger partial charge in [-0.05, 0) is 62.4 Å². The Labute approximate surface area is 160 Å². The Morgan fingerprint density at radius 1 is 1.19 bits per heavy atom. The summed E-state index contributed by atoms with van der Waals surface area (Å²) < 4.78 is 33.6. The number of benzene rings is 2. The molecule has 27 heavy (non-hydrogen) atoms. The second-order valence-electron chi connectivity index (χ2n) is 6.89. The maximum atomic E-state index is 12.9. The molecule has 6 nitrogen and oxygen atoms in total. The van der Waals surface area contributed by atoms with Gasteiger partial charge < -0.3 is 10.1 Å². The molecule has 0 aliphatic heterocycles. The summed E-state index contributed by atoms with van der Waals surface area (Å²) in [7, 11) is -2.40. The van der Waals surface area contributed by atoms with Crippen LogP contribution < -0.4 is 14.8 Å². The van der Waals surface area contributed by atoms with Crippen LogP contribution in [0.5, 0.6) is 5.75 Å². The van der Waals surface area contributed by atoms with Crippen molar-refractivity contribution in [2.75, 3.05) is 11.8 Å². The van der Waals surface area contributed by atoms with Crippen LogP contribution in [0, 0.1) is 12.8 Å². The second kappa shape index (κ2) is 7.60. The van der Waals surface area contributed by atoms with Crippen LogP contribution in [0.15, 0.2) is 47.4 Å². The van der Waals surface area contributed by atoms with Gasteiger partial charge in [0, 0.05) is 11.6 Å². The van der Waals surface area contributed by atoms with Gasteiger partial charge in [-0.3, -0.25) is 9.52 Å². The molecule has 2 aromatic carbocycles. The lowest BCUT2D eigenvalue weighted by molar-refractivity contribution is 0.0935. The van der Waals surface area contributed by atoms with Crippen LogP contribution in [0.25, 0.3) is 0 Å². The Kier molecular flexibility index (Phi) is 5.41. The largest absolute Gasteiger partial charge is 0.495 e. The summed E-state index contributed by atoms with van der Waals surface area (Å²) in [6.45, 7) is 3.68. The number of carbonyl (C=O) groups excluding carboxylic acids is 1. The Hall–Kier alpha value is -2.54. The van der Waals surface area contributed by atoms with Crippen molar-refractivity contribution in [3.63, 3.8) is 0 Å². The zero-order chi connectivity index (χ0) is 19.6. The highest BCUT2D eigenvalue weighted by atomic mass is 32.2. The van der Waals surface area contributed by atoms with E-state index in [1.54, 1.807) is 43.3 Å². The van der Waals surface area contributed by atoms with Crippen LogP contribution in [-0.2, 0) is 10.0 Å². The van der Waals surface area contributed by atoms with Crippen LogP contribution in [-0.4, -0.2) is 27.5 Å². The normalized spacial score (nSPS) is 15.1. The molecule has 1 amide bonds. The monoisotopic (exact) mass is 388 g/mol. The first kappa shape index (κ1) is 19.2. The molecule has 0 aromatic heterocycles. The van der Waals surface area contributed by atoms with Crippen LogP contribution in [0.2, 0.25) is 0 Å². The van der Waals surface area contributed by atoms with E-state index in [0.717, 1.165) is 12.8 Å². The minimum atomic E-state index is -3.88. The van der Waals surface area contributed by atoms with Gasteiger partial charge in [-0.25, -0.2) is 8.42 Å². The lowest BCUT2D eigenvalue weighted by Crippen LogP contribution is -2.34. The number of para-hydroxylation sites is 2. The highest BCUT2D eigenvalue weighted by Gasteiger charge is 2.29. The minimum absolute atomic E-state index is 0.0696. The average Bonchev–Trinajstić information content (AvgIpc) is 3.47. The number of hydrogen-bond acceptors (Lipinski definition) is 4. The summed E-state index contributed by atoms with van der Waals surface area (Å²) in [6.07, 6.45) is 2.25. The lowest BCUT2D eigenvalue weighted by Gasteiger charge is -2.15. The van der Waals surface area contributed by atoms with Crippen molar-refractivity contribution in [3.05, 3.63) is 53.6 Å². The van der Waals surface area contributed by atoms with Crippen LogP contribution in [0.4, 0.5) is 5.69 Å². The second-order valence-corrected chi connectivity index (χ2v) is 8.54. The van der Waals surface area contributed by atoms with E-state index in [2.05, 4.69) is 10.0 Å². The van der Waals surface area contributed by atoms with Gasteiger partial charge in [0.2, 0.25) is 0 Å². The summed E-state index contributed by atoms with van der Waals surface area (Å²) in [5, 5.41) is 2.95. The number of carbonyl (C=O) groups is 1. The number of rotatable bonds is 7. The first-order valence-corrected chi connectivity index (χ1v) is 10.4. The van der Waals surface area contributed by atoms with Gasteiger partial charge in [0.05, 0.1) is 17.7 Å². The quantitative estimate of drug-likeness (QED) is 0.762. The van der Waals surface area contributed by atoms with Gasteiger partial charge in [0.1, 0.15) is 5.75 Å². The summed E-state index contributed by atoms with van der Waals surface area (Å²) in [5.74, 6) is 0.684. The molecule has 2 N–H and O–H groups in total. The van der Waals surface area contributed by atoms with E-state index < -0.39 is 10.0 Å². The summed E-state index contributed by atoms with van der Waals surface area (Å²) in [5.41, 5.74) is 1.23. The molecular formula is C20H24N2O4S. The van der Waals surface area contributed by atoms with E-state index in [1.807, 2.05) is 6.92 Å². The Bertz CT molecular complexity index is 952. The predicted molar refractivity (Wildman–Crippen MR) is 105 cm³/mol. The highest BCUT2D eigenvalue weighted by molar-refractivity contribution is 7.92. The molecule has 1 atom stereocenters. The van der Waals surface area contributed by atoms with E-state index in [-0.39, 0.29) is 16.8 Å². The zero-order valence-corrected chi connectivity index (χ0v) is 16.5. The van der Waals surface area contributed by atoms with Crippen molar-refractivity contribution < 1.29 is 17.9 Å². The van der Waals surface area contributed by atoms with E-state index in [9.17, 15) is 13.2 Å². The Morgan fingerprint density at radius 3 is 2.56 bits per heavy atom. The van der Waals surface area contributed by atoms with Gasteiger partial charge in [-0.1, -0.05) is 18.2 Å². The molecular weight excluding hydrogens is 364 g/mol. The molecule has 1 unspecified atom stereocenters. The van der Waals surface area contributed by atoms with Crippen molar-refractivity contribution in [2.24, 2.45) is 5.92 Å². The topological polar surface area (TPSA) is 84.5 Å². The molecule has 1 fully saturated rings. The predicted octanol–water partition coefficient (Wildman–Crippen LogP) is 3.33. The van der Waals surface area contributed by atoms with Crippen molar-refractivity contribution in [1.29, 1.82) is 0 Å². The number of amides is 1. The third kappa shape index (κ3) is 4.42. The summed E-state index contributed by atoms with van der Waals surface area (Å²) in [4.78, 5) is 12.6. The van der Waals surface area contributed by atoms with Gasteiger partial charge in [0.25, 0.3) is 15.9 Å². The van der Waals surface area contributed by atoms with E-state index in [1.165, 1.54) is 13.2 Å². The first-order chi connectivity index (χ1) is 12.8. The van der Waals surface area contributed by atoms with E-state index in [4.69, 9.17) is 4.74 Å². The number of hydrogen-bond donors (Lipinski definition) is 2. The Balaban J connectivity index is 1.87. The minimum Gasteiger partial charge on any atom is -0.495 e. The molecule has 144 valence electrons. The average molecular weight is 388 g/mol. The molecule has 0 radical (unpaired) electrons. The SMILES string of the molecule is COc1ccccc1NS(=O)(=O)c1cc(C(=O)NC(C)C2CC2)ccc1C. The van der Waals surface area contributed by atoms with Crippen LogP contribution in [0.1, 0.15) is 35.7 Å². The molecule has 3 rings (SSSR count). The number of ether oxygens (including phenoxy) is 1. The third-order valence-electron chi connectivity index (χ3n) is 4.78.